The fourth-order valence-corrected chi connectivity index (χ4v) is 5.32. The number of aromatic nitrogens is 1. The van der Waals surface area contributed by atoms with E-state index in [0.29, 0.717) is 17.9 Å². The summed E-state index contributed by atoms with van der Waals surface area (Å²) in [6, 6.07) is -0.903. The van der Waals surface area contributed by atoms with Gasteiger partial charge in [-0.15, -0.1) is 29.0 Å². The summed E-state index contributed by atoms with van der Waals surface area (Å²) >= 11 is 7.91. The molecule has 10 nitrogen and oxygen atoms in total. The maximum atomic E-state index is 13.1. The average Bonchev–Trinajstić information content (AvgIpc) is 3.20. The van der Waals surface area contributed by atoms with Crippen molar-refractivity contribution in [1.82, 2.24) is 15.2 Å². The Morgan fingerprint density at radius 2 is 2.18 bits per heavy atom. The van der Waals surface area contributed by atoms with E-state index in [1.807, 2.05) is 0 Å². The molecule has 3 rings (SSSR count). The zero-order chi connectivity index (χ0) is 25.2. The van der Waals surface area contributed by atoms with Gasteiger partial charge in [0.1, 0.15) is 22.8 Å². The first-order valence-electron chi connectivity index (χ1n) is 10.1. The molecule has 0 aliphatic carbocycles. The Balaban J connectivity index is 1.82. The first-order chi connectivity index (χ1) is 16.0. The number of esters is 1. The number of carbonyl (C=O) groups is 3. The van der Waals surface area contributed by atoms with Gasteiger partial charge in [0.15, 0.2) is 10.8 Å². The van der Waals surface area contributed by atoms with Gasteiger partial charge in [-0.2, -0.15) is 0 Å². The van der Waals surface area contributed by atoms with Crippen molar-refractivity contribution in [2.75, 3.05) is 11.5 Å². The van der Waals surface area contributed by atoms with Crippen molar-refractivity contribution in [3.05, 3.63) is 22.3 Å². The van der Waals surface area contributed by atoms with Crippen LogP contribution < -0.4 is 11.1 Å². The number of β-lactam (4-membered cyclic amide) rings is 1. The number of nitrogens with two attached hydrogens (primary N) is 1. The van der Waals surface area contributed by atoms with Crippen molar-refractivity contribution in [3.8, 4) is 11.8 Å². The van der Waals surface area contributed by atoms with Crippen molar-refractivity contribution in [2.45, 2.75) is 45.5 Å². The van der Waals surface area contributed by atoms with E-state index in [-0.39, 0.29) is 21.6 Å². The second-order valence-electron chi connectivity index (χ2n) is 8.36. The van der Waals surface area contributed by atoms with Gasteiger partial charge in [0.05, 0.1) is 5.41 Å². The van der Waals surface area contributed by atoms with Crippen LogP contribution in [0.3, 0.4) is 0 Å². The Kier molecular flexibility index (Phi) is 7.64. The summed E-state index contributed by atoms with van der Waals surface area (Å²) in [5, 5.41) is 16.0. The zero-order valence-electron chi connectivity index (χ0n) is 18.9. The normalized spacial score (nSPS) is 20.1. The molecule has 1 saturated heterocycles. The predicted octanol–water partition coefficient (Wildman–Crippen LogP) is 1.89. The van der Waals surface area contributed by atoms with Gasteiger partial charge in [0, 0.05) is 17.6 Å². The van der Waals surface area contributed by atoms with Crippen molar-refractivity contribution in [2.24, 2.45) is 10.6 Å². The van der Waals surface area contributed by atoms with E-state index in [9.17, 15) is 19.6 Å². The molecule has 0 spiro atoms. The number of ether oxygens (including phenoxy) is 1. The topological polar surface area (TPSA) is 147 Å². The fourth-order valence-electron chi connectivity index (χ4n) is 3.11. The number of amides is 2. The molecule has 0 aromatic carbocycles. The minimum Gasteiger partial charge on any atom is -0.412 e. The molecule has 34 heavy (non-hydrogen) atoms. The number of anilines is 1. The van der Waals surface area contributed by atoms with Gasteiger partial charge in [-0.25, -0.2) is 4.98 Å². The Labute approximate surface area is 210 Å². The van der Waals surface area contributed by atoms with Gasteiger partial charge in [-0.05, 0) is 45.5 Å². The van der Waals surface area contributed by atoms with Crippen LogP contribution >= 0.6 is 35.3 Å². The van der Waals surface area contributed by atoms with Gasteiger partial charge in [0.25, 0.3) is 11.8 Å². The number of carbonyl (C=O) groups excluding carboxylic acids is 3. The summed E-state index contributed by atoms with van der Waals surface area (Å²) in [6.07, 6.45) is 0.353. The lowest BCUT2D eigenvalue weighted by Crippen LogP contribution is -2.71. The number of thioether (sulfide) groups is 1. The predicted molar refractivity (Wildman–Crippen MR) is 133 cm³/mol. The van der Waals surface area contributed by atoms with Crippen LogP contribution in [0.4, 0.5) is 5.13 Å². The fraction of sp³-hybridized carbons (Fsp3) is 0.429. The SMILES string of the molecule is CC#CCC1=C(C(=S)OC(=O)C(C)(C)C)N2C(=O)[C@@H](NC(=O)/C(=N\O)c3csc(N)n3)[C@H]2SC1. The van der Waals surface area contributed by atoms with Crippen LogP contribution in [0.25, 0.3) is 0 Å². The Morgan fingerprint density at radius 3 is 2.74 bits per heavy atom. The van der Waals surface area contributed by atoms with E-state index in [1.54, 1.807) is 27.7 Å². The number of nitrogens with one attached hydrogen (secondary N) is 1. The summed E-state index contributed by atoms with van der Waals surface area (Å²) in [4.78, 5) is 43.5. The quantitative estimate of drug-likeness (QED) is 0.100. The van der Waals surface area contributed by atoms with Crippen molar-refractivity contribution in [3.63, 3.8) is 0 Å². The third-order valence-corrected chi connectivity index (χ3v) is 7.17. The highest BCUT2D eigenvalue weighted by Crippen LogP contribution is 2.42. The molecule has 13 heteroatoms. The standard InChI is InChI=1S/C21H23N5O5S3/c1-5-6-7-10-8-33-17-13(24-15(27)12(25-30)11-9-34-20(22)23-11)16(28)26(17)14(10)18(32)31-19(29)21(2,3)4/h9,13,17,30H,7-8H2,1-4H3,(H2,22,23)(H,24,27)/b25-12-/t13-,17-/m1/s1. The van der Waals surface area contributed by atoms with Gasteiger partial charge < -0.3 is 21.0 Å². The smallest absolute Gasteiger partial charge is 0.317 e. The van der Waals surface area contributed by atoms with E-state index < -0.39 is 34.6 Å². The molecular formula is C21H23N5O5S3. The molecule has 180 valence electrons. The van der Waals surface area contributed by atoms with Crippen LogP contribution in [0.5, 0.6) is 0 Å². The molecule has 2 amide bonds. The third kappa shape index (κ3) is 5.08. The highest BCUT2D eigenvalue weighted by Gasteiger charge is 2.54. The minimum absolute atomic E-state index is 0.0960. The Hall–Kier alpha value is -2.95. The van der Waals surface area contributed by atoms with Gasteiger partial charge in [0.2, 0.25) is 5.05 Å². The molecule has 0 radical (unpaired) electrons. The molecule has 0 bridgehead atoms. The van der Waals surface area contributed by atoms with Crippen LogP contribution in [-0.2, 0) is 19.1 Å². The number of fused-ring (bicyclic) bond motifs is 1. The second kappa shape index (κ2) is 10.1. The monoisotopic (exact) mass is 521 g/mol. The molecule has 2 atom stereocenters. The molecule has 2 aliphatic rings. The molecule has 0 unspecified atom stereocenters. The number of oxime groups is 1. The van der Waals surface area contributed by atoms with Crippen molar-refractivity contribution < 1.29 is 24.3 Å². The van der Waals surface area contributed by atoms with Crippen LogP contribution in [0.15, 0.2) is 21.8 Å². The largest absolute Gasteiger partial charge is 0.412 e. The van der Waals surface area contributed by atoms with Crippen LogP contribution in [0, 0.1) is 17.3 Å². The van der Waals surface area contributed by atoms with Gasteiger partial charge >= 0.3 is 5.97 Å². The molecule has 1 aromatic rings. The summed E-state index contributed by atoms with van der Waals surface area (Å²) < 4.78 is 5.42. The Bertz CT molecular complexity index is 1170. The van der Waals surface area contributed by atoms with Crippen molar-refractivity contribution in [1.29, 1.82) is 0 Å². The molecule has 1 fully saturated rings. The molecule has 0 saturated carbocycles. The highest BCUT2D eigenvalue weighted by molar-refractivity contribution is 8.00. The number of hydrogen-bond acceptors (Lipinski definition) is 11. The van der Waals surface area contributed by atoms with E-state index in [2.05, 4.69) is 27.3 Å². The third-order valence-electron chi connectivity index (χ3n) is 4.88. The zero-order valence-corrected chi connectivity index (χ0v) is 21.3. The number of thiazole rings is 1. The van der Waals surface area contributed by atoms with Gasteiger partial charge in [-0.3, -0.25) is 19.3 Å². The minimum atomic E-state index is -0.903. The van der Waals surface area contributed by atoms with Crippen molar-refractivity contribution >= 4 is 69.0 Å². The van der Waals surface area contributed by atoms with Crippen LogP contribution in [-0.4, -0.2) is 60.8 Å². The lowest BCUT2D eigenvalue weighted by Gasteiger charge is -2.50. The van der Waals surface area contributed by atoms with Gasteiger partial charge in [-0.1, -0.05) is 11.1 Å². The molecule has 2 aliphatic heterocycles. The van der Waals surface area contributed by atoms with E-state index in [0.717, 1.165) is 16.9 Å². The highest BCUT2D eigenvalue weighted by atomic mass is 32.2. The second-order valence-corrected chi connectivity index (χ2v) is 10.7. The van der Waals surface area contributed by atoms with E-state index in [1.165, 1.54) is 22.0 Å². The maximum absolute atomic E-state index is 13.1. The summed E-state index contributed by atoms with van der Waals surface area (Å²) in [5.41, 5.74) is 5.63. The number of thiocarbonyl (C=S) groups is 1. The summed E-state index contributed by atoms with van der Waals surface area (Å²) in [5.74, 6) is 4.50. The number of nitrogen functional groups attached to an aromatic ring is 1. The number of rotatable bonds is 5. The Morgan fingerprint density at radius 1 is 1.47 bits per heavy atom. The number of hydrogen-bond donors (Lipinski definition) is 3. The molecule has 1 aromatic heterocycles. The first kappa shape index (κ1) is 25.7. The van der Waals surface area contributed by atoms with Crippen LogP contribution in [0.2, 0.25) is 0 Å². The maximum Gasteiger partial charge on any atom is 0.317 e. The number of nitrogens with zero attached hydrogens (tertiary/aromatic N) is 3. The van der Waals surface area contributed by atoms with E-state index in [4.69, 9.17) is 22.7 Å². The lowest BCUT2D eigenvalue weighted by atomic mass is 9.97. The average molecular weight is 522 g/mol. The summed E-state index contributed by atoms with van der Waals surface area (Å²) in [6.45, 7) is 6.80. The molecule has 3 heterocycles. The lowest BCUT2D eigenvalue weighted by molar-refractivity contribution is -0.146. The summed E-state index contributed by atoms with van der Waals surface area (Å²) in [7, 11) is 0. The molecule has 4 N–H and O–H groups in total. The van der Waals surface area contributed by atoms with E-state index >= 15 is 0 Å². The van der Waals surface area contributed by atoms with Crippen LogP contribution in [0.1, 0.15) is 39.8 Å². The molecular weight excluding hydrogens is 498 g/mol. The first-order valence-corrected chi connectivity index (χ1v) is 12.4.